The Hall–Kier alpha value is -4.16. The fraction of sp³-hybridized carbons (Fsp3) is 0.484. The molecule has 1 aliphatic carbocycles. The highest BCUT2D eigenvalue weighted by Gasteiger charge is 2.21. The maximum atomic E-state index is 12.0. The van der Waals surface area contributed by atoms with Gasteiger partial charge in [-0.3, -0.25) is 4.79 Å². The average molecular weight is 594 g/mol. The fourth-order valence-corrected chi connectivity index (χ4v) is 4.82. The van der Waals surface area contributed by atoms with Crippen molar-refractivity contribution in [1.82, 2.24) is 20.3 Å². The first-order valence-electron chi connectivity index (χ1n) is 14.8. The van der Waals surface area contributed by atoms with Crippen LogP contribution in [-0.4, -0.2) is 87.7 Å². The summed E-state index contributed by atoms with van der Waals surface area (Å²) in [6, 6.07) is 15.1. The van der Waals surface area contributed by atoms with Gasteiger partial charge in [-0.25, -0.2) is 0 Å². The first-order chi connectivity index (χ1) is 21.1. The van der Waals surface area contributed by atoms with Gasteiger partial charge in [0.1, 0.15) is 0 Å². The number of hydrogen-bond acceptors (Lipinski definition) is 11. The van der Waals surface area contributed by atoms with E-state index in [0.29, 0.717) is 80.5 Å². The predicted molar refractivity (Wildman–Crippen MR) is 167 cm³/mol. The molecular formula is C31H43N7O5. The molecule has 232 valence electrons. The fourth-order valence-electron chi connectivity index (χ4n) is 4.82. The van der Waals surface area contributed by atoms with Crippen molar-refractivity contribution in [2.24, 2.45) is 0 Å². The molecule has 0 spiro atoms. The highest BCUT2D eigenvalue weighted by Crippen LogP contribution is 2.31. The van der Waals surface area contributed by atoms with Gasteiger partial charge in [0.05, 0.1) is 40.6 Å². The highest BCUT2D eigenvalue weighted by molar-refractivity contribution is 5.94. The molecule has 1 fully saturated rings. The maximum absolute atomic E-state index is 12.0. The van der Waals surface area contributed by atoms with Crippen LogP contribution in [0, 0.1) is 0 Å². The second kappa shape index (κ2) is 17.1. The Labute approximate surface area is 253 Å². The number of anilines is 4. The van der Waals surface area contributed by atoms with Gasteiger partial charge in [0.25, 0.3) is 5.91 Å². The van der Waals surface area contributed by atoms with Crippen LogP contribution in [0.25, 0.3) is 0 Å². The van der Waals surface area contributed by atoms with Gasteiger partial charge in [0.2, 0.25) is 17.8 Å². The molecule has 2 aromatic carbocycles. The van der Waals surface area contributed by atoms with Gasteiger partial charge in [0, 0.05) is 43.5 Å². The zero-order valence-corrected chi connectivity index (χ0v) is 25.3. The zero-order chi connectivity index (χ0) is 30.3. The maximum Gasteiger partial charge on any atom is 0.251 e. The van der Waals surface area contributed by atoms with Crippen LogP contribution in [0.2, 0.25) is 0 Å². The number of nitrogens with zero attached hydrogens (tertiary/aromatic N) is 4. The second-order valence-electron chi connectivity index (χ2n) is 10.2. The van der Waals surface area contributed by atoms with E-state index >= 15 is 0 Å². The number of hydrogen-bond donors (Lipinski definition) is 3. The van der Waals surface area contributed by atoms with Gasteiger partial charge in [0.15, 0.2) is 11.5 Å². The molecule has 1 heterocycles. The van der Waals surface area contributed by atoms with Crippen molar-refractivity contribution < 1.29 is 23.7 Å². The molecule has 43 heavy (non-hydrogen) atoms. The van der Waals surface area contributed by atoms with Gasteiger partial charge in [-0.1, -0.05) is 37.5 Å². The smallest absolute Gasteiger partial charge is 0.251 e. The van der Waals surface area contributed by atoms with E-state index in [9.17, 15) is 4.79 Å². The van der Waals surface area contributed by atoms with Crippen LogP contribution in [0.3, 0.4) is 0 Å². The van der Waals surface area contributed by atoms with E-state index in [-0.39, 0.29) is 5.91 Å². The molecule has 1 aliphatic rings. The van der Waals surface area contributed by atoms with Gasteiger partial charge < -0.3 is 39.8 Å². The van der Waals surface area contributed by atoms with E-state index in [1.165, 1.54) is 19.3 Å². The molecule has 4 rings (SSSR count). The number of methoxy groups -OCH3 is 2. The molecule has 0 atom stereocenters. The standard InChI is InChI=1S/C31H43N7O5/c1-38(25-12-8-5-9-13-25)31-36-29(35-30(37-31)34-24-14-15-26(40-2)27(22-24)41-3)33-17-19-43-21-20-42-18-16-32-28(39)23-10-6-4-7-11-23/h4,6-7,10-11,14-15,22,25H,5,8-9,12-13,16-21H2,1-3H3,(H,32,39)(H2,33,34,35,36,37). The quantitative estimate of drug-likeness (QED) is 0.194. The largest absolute Gasteiger partial charge is 0.493 e. The Morgan fingerprint density at radius 2 is 1.53 bits per heavy atom. The number of benzene rings is 2. The summed E-state index contributed by atoms with van der Waals surface area (Å²) in [6.07, 6.45) is 5.95. The number of ether oxygens (including phenoxy) is 4. The highest BCUT2D eigenvalue weighted by atomic mass is 16.5. The number of aromatic nitrogens is 3. The lowest BCUT2D eigenvalue weighted by Gasteiger charge is -2.31. The third-order valence-corrected chi connectivity index (χ3v) is 7.17. The molecule has 1 aromatic heterocycles. The van der Waals surface area contributed by atoms with Crippen LogP contribution in [0.15, 0.2) is 48.5 Å². The van der Waals surface area contributed by atoms with Gasteiger partial charge in [-0.05, 0) is 37.1 Å². The number of amides is 1. The summed E-state index contributed by atoms with van der Waals surface area (Å²) in [5, 5.41) is 9.38. The third kappa shape index (κ3) is 9.97. The summed E-state index contributed by atoms with van der Waals surface area (Å²) < 4.78 is 22.1. The van der Waals surface area contributed by atoms with E-state index in [1.807, 2.05) is 43.4 Å². The molecule has 0 unspecified atom stereocenters. The minimum atomic E-state index is -0.111. The van der Waals surface area contributed by atoms with Gasteiger partial charge in [-0.15, -0.1) is 0 Å². The molecule has 1 amide bonds. The molecular weight excluding hydrogens is 550 g/mol. The first-order valence-corrected chi connectivity index (χ1v) is 14.8. The minimum absolute atomic E-state index is 0.111. The van der Waals surface area contributed by atoms with Crippen molar-refractivity contribution in [1.29, 1.82) is 0 Å². The number of carbonyl (C=O) groups is 1. The summed E-state index contributed by atoms with van der Waals surface area (Å²) in [4.78, 5) is 28.2. The molecule has 0 aliphatic heterocycles. The zero-order valence-electron chi connectivity index (χ0n) is 25.3. The van der Waals surface area contributed by atoms with Crippen molar-refractivity contribution in [3.63, 3.8) is 0 Å². The Balaban J connectivity index is 1.25. The minimum Gasteiger partial charge on any atom is -0.493 e. The van der Waals surface area contributed by atoms with E-state index in [4.69, 9.17) is 28.9 Å². The van der Waals surface area contributed by atoms with Crippen molar-refractivity contribution in [2.75, 3.05) is 76.3 Å². The Kier molecular flexibility index (Phi) is 12.6. The molecule has 3 aromatic rings. The summed E-state index contributed by atoms with van der Waals surface area (Å²) in [6.45, 7) is 2.69. The van der Waals surface area contributed by atoms with Crippen LogP contribution in [0.4, 0.5) is 23.5 Å². The molecule has 0 saturated heterocycles. The molecule has 12 nitrogen and oxygen atoms in total. The van der Waals surface area contributed by atoms with Crippen molar-refractivity contribution in [2.45, 2.75) is 38.1 Å². The lowest BCUT2D eigenvalue weighted by atomic mass is 9.95. The van der Waals surface area contributed by atoms with Crippen LogP contribution < -0.4 is 30.3 Å². The van der Waals surface area contributed by atoms with Crippen molar-refractivity contribution >= 4 is 29.4 Å². The molecule has 0 bridgehead atoms. The van der Waals surface area contributed by atoms with Crippen molar-refractivity contribution in [3.05, 3.63) is 54.1 Å². The number of nitrogens with one attached hydrogen (secondary N) is 3. The molecule has 1 saturated carbocycles. The topological polar surface area (TPSA) is 132 Å². The molecule has 0 radical (unpaired) electrons. The van der Waals surface area contributed by atoms with Crippen LogP contribution in [-0.2, 0) is 9.47 Å². The molecule has 12 heteroatoms. The van der Waals surface area contributed by atoms with Gasteiger partial charge >= 0.3 is 0 Å². The van der Waals surface area contributed by atoms with E-state index in [1.54, 1.807) is 26.4 Å². The predicted octanol–water partition coefficient (Wildman–Crippen LogP) is 4.28. The number of rotatable bonds is 17. The summed E-state index contributed by atoms with van der Waals surface area (Å²) in [7, 11) is 5.25. The third-order valence-electron chi connectivity index (χ3n) is 7.17. The average Bonchev–Trinajstić information content (AvgIpc) is 3.05. The second-order valence-corrected chi connectivity index (χ2v) is 10.2. The molecule has 3 N–H and O–H groups in total. The monoisotopic (exact) mass is 593 g/mol. The lowest BCUT2D eigenvalue weighted by molar-refractivity contribution is 0.0519. The first kappa shape index (κ1) is 31.8. The SMILES string of the molecule is COc1ccc(Nc2nc(NCCOCCOCCNC(=O)c3ccccc3)nc(N(C)C3CCCCC3)n2)cc1OC. The summed E-state index contributed by atoms with van der Waals surface area (Å²) >= 11 is 0. The van der Waals surface area contributed by atoms with Gasteiger partial charge in [-0.2, -0.15) is 15.0 Å². The Morgan fingerprint density at radius 3 is 2.26 bits per heavy atom. The van der Waals surface area contributed by atoms with E-state index < -0.39 is 0 Å². The lowest BCUT2D eigenvalue weighted by Crippen LogP contribution is -2.35. The van der Waals surface area contributed by atoms with Crippen LogP contribution in [0.5, 0.6) is 11.5 Å². The van der Waals surface area contributed by atoms with Crippen molar-refractivity contribution in [3.8, 4) is 11.5 Å². The Bertz CT molecular complexity index is 1270. The Morgan fingerprint density at radius 1 is 0.837 bits per heavy atom. The van der Waals surface area contributed by atoms with E-state index in [2.05, 4.69) is 25.8 Å². The summed E-state index contributed by atoms with van der Waals surface area (Å²) in [5.74, 6) is 2.64. The van der Waals surface area contributed by atoms with E-state index in [0.717, 1.165) is 18.5 Å². The normalized spacial score (nSPS) is 13.3. The van der Waals surface area contributed by atoms with Crippen LogP contribution in [0.1, 0.15) is 42.5 Å². The number of carbonyl (C=O) groups excluding carboxylic acids is 1. The summed E-state index contributed by atoms with van der Waals surface area (Å²) in [5.41, 5.74) is 1.40. The van der Waals surface area contributed by atoms with Crippen LogP contribution >= 0.6 is 0 Å².